The maximum absolute atomic E-state index is 6.20. The molecule has 1 aromatic carbocycles. The molecule has 18 heavy (non-hydrogen) atoms. The van der Waals surface area contributed by atoms with Gasteiger partial charge in [-0.15, -0.1) is 6.42 Å². The van der Waals surface area contributed by atoms with E-state index in [1.165, 1.54) is 24.1 Å². The van der Waals surface area contributed by atoms with Gasteiger partial charge < -0.3 is 10.6 Å². The van der Waals surface area contributed by atoms with Crippen molar-refractivity contribution in [1.82, 2.24) is 0 Å². The van der Waals surface area contributed by atoms with Gasteiger partial charge in [-0.2, -0.15) is 0 Å². The third kappa shape index (κ3) is 3.05. The van der Waals surface area contributed by atoms with Crippen molar-refractivity contribution in [3.05, 3.63) is 29.8 Å². The van der Waals surface area contributed by atoms with E-state index in [4.69, 9.17) is 12.2 Å². The molecule has 2 rings (SSSR count). The lowest BCUT2D eigenvalue weighted by molar-refractivity contribution is 0.686. The molecule has 1 atom stereocenters. The quantitative estimate of drug-likeness (QED) is 0.777. The normalized spacial score (nSPS) is 16.1. The van der Waals surface area contributed by atoms with E-state index in [2.05, 4.69) is 42.0 Å². The number of hydrogen-bond acceptors (Lipinski definition) is 2. The molecule has 1 unspecified atom stereocenters. The SMILES string of the molecule is C#CCN(CC1CC1)c1ccccc1C(N)CC. The Morgan fingerprint density at radius 2 is 2.17 bits per heavy atom. The van der Waals surface area contributed by atoms with Crippen molar-refractivity contribution >= 4 is 5.69 Å². The van der Waals surface area contributed by atoms with Gasteiger partial charge in [-0.1, -0.05) is 31.0 Å². The highest BCUT2D eigenvalue weighted by Crippen LogP contribution is 2.33. The largest absolute Gasteiger partial charge is 0.360 e. The summed E-state index contributed by atoms with van der Waals surface area (Å²) in [4.78, 5) is 2.31. The molecular weight excluding hydrogens is 220 g/mol. The Hall–Kier alpha value is -1.46. The summed E-state index contributed by atoms with van der Waals surface area (Å²) < 4.78 is 0. The van der Waals surface area contributed by atoms with Gasteiger partial charge in [-0.3, -0.25) is 0 Å². The zero-order valence-electron chi connectivity index (χ0n) is 11.1. The summed E-state index contributed by atoms with van der Waals surface area (Å²) in [6.07, 6.45) is 9.12. The first-order chi connectivity index (χ1) is 8.76. The molecule has 0 aromatic heterocycles. The van der Waals surface area contributed by atoms with Crippen LogP contribution in [0.4, 0.5) is 5.69 Å². The Bertz CT molecular complexity index is 429. The summed E-state index contributed by atoms with van der Waals surface area (Å²) in [6.45, 7) is 3.86. The van der Waals surface area contributed by atoms with E-state index < -0.39 is 0 Å². The van der Waals surface area contributed by atoms with Crippen molar-refractivity contribution in [3.63, 3.8) is 0 Å². The van der Waals surface area contributed by atoms with Gasteiger partial charge in [0.05, 0.1) is 6.54 Å². The van der Waals surface area contributed by atoms with E-state index in [1.54, 1.807) is 0 Å². The number of para-hydroxylation sites is 1. The summed E-state index contributed by atoms with van der Waals surface area (Å²) in [5.41, 5.74) is 8.63. The highest BCUT2D eigenvalue weighted by atomic mass is 15.1. The van der Waals surface area contributed by atoms with Gasteiger partial charge in [-0.25, -0.2) is 0 Å². The molecule has 0 aliphatic heterocycles. The van der Waals surface area contributed by atoms with Crippen LogP contribution in [0, 0.1) is 18.3 Å². The lowest BCUT2D eigenvalue weighted by Gasteiger charge is -2.27. The minimum Gasteiger partial charge on any atom is -0.360 e. The van der Waals surface area contributed by atoms with Crippen molar-refractivity contribution in [2.24, 2.45) is 11.7 Å². The van der Waals surface area contributed by atoms with Crippen LogP contribution in [0.5, 0.6) is 0 Å². The molecular formula is C16H22N2. The Balaban J connectivity index is 2.24. The summed E-state index contributed by atoms with van der Waals surface area (Å²) in [5, 5.41) is 0. The van der Waals surface area contributed by atoms with Crippen LogP contribution >= 0.6 is 0 Å². The van der Waals surface area contributed by atoms with E-state index in [0.717, 1.165) is 18.9 Å². The minimum atomic E-state index is 0.0978. The van der Waals surface area contributed by atoms with Gasteiger partial charge >= 0.3 is 0 Å². The summed E-state index contributed by atoms with van der Waals surface area (Å²) >= 11 is 0. The molecule has 1 fully saturated rings. The molecule has 0 saturated heterocycles. The van der Waals surface area contributed by atoms with E-state index in [9.17, 15) is 0 Å². The zero-order chi connectivity index (χ0) is 13.0. The summed E-state index contributed by atoms with van der Waals surface area (Å²) in [5.74, 6) is 3.59. The molecule has 0 radical (unpaired) electrons. The van der Waals surface area contributed by atoms with Crippen molar-refractivity contribution in [3.8, 4) is 12.3 Å². The second-order valence-electron chi connectivity index (χ2n) is 5.10. The summed E-state index contributed by atoms with van der Waals surface area (Å²) in [6, 6.07) is 8.49. The van der Waals surface area contributed by atoms with Crippen LogP contribution in [-0.4, -0.2) is 13.1 Å². The van der Waals surface area contributed by atoms with Crippen LogP contribution in [0.15, 0.2) is 24.3 Å². The van der Waals surface area contributed by atoms with Crippen molar-refractivity contribution < 1.29 is 0 Å². The van der Waals surface area contributed by atoms with Crippen molar-refractivity contribution in [1.29, 1.82) is 0 Å². The molecule has 0 amide bonds. The van der Waals surface area contributed by atoms with Gasteiger partial charge in [0.15, 0.2) is 0 Å². The van der Waals surface area contributed by atoms with E-state index >= 15 is 0 Å². The van der Waals surface area contributed by atoms with Crippen molar-refractivity contribution in [2.75, 3.05) is 18.0 Å². The average molecular weight is 242 g/mol. The Labute approximate surface area is 110 Å². The lowest BCUT2D eigenvalue weighted by atomic mass is 10.0. The molecule has 0 bridgehead atoms. The highest BCUT2D eigenvalue weighted by Gasteiger charge is 2.25. The van der Waals surface area contributed by atoms with Crippen LogP contribution in [0.2, 0.25) is 0 Å². The Kier molecular flexibility index (Phi) is 4.28. The molecule has 1 saturated carbocycles. The Morgan fingerprint density at radius 1 is 1.44 bits per heavy atom. The molecule has 1 aliphatic carbocycles. The van der Waals surface area contributed by atoms with Gasteiger partial charge in [0, 0.05) is 18.3 Å². The minimum absolute atomic E-state index is 0.0978. The van der Waals surface area contributed by atoms with Crippen molar-refractivity contribution in [2.45, 2.75) is 32.2 Å². The van der Waals surface area contributed by atoms with Gasteiger partial charge in [0.25, 0.3) is 0 Å². The van der Waals surface area contributed by atoms with Crippen LogP contribution in [0.1, 0.15) is 37.8 Å². The second kappa shape index (κ2) is 5.93. The molecule has 0 heterocycles. The number of nitrogens with zero attached hydrogens (tertiary/aromatic N) is 1. The number of hydrogen-bond donors (Lipinski definition) is 1. The van der Waals surface area contributed by atoms with Gasteiger partial charge in [0.2, 0.25) is 0 Å². The number of benzene rings is 1. The zero-order valence-corrected chi connectivity index (χ0v) is 11.1. The lowest BCUT2D eigenvalue weighted by Crippen LogP contribution is -2.28. The third-order valence-corrected chi connectivity index (χ3v) is 3.57. The standard InChI is InChI=1S/C16H22N2/c1-3-11-18(12-13-9-10-13)16-8-6-5-7-14(16)15(17)4-2/h1,5-8,13,15H,4,9-12,17H2,2H3. The first-order valence-corrected chi connectivity index (χ1v) is 6.79. The molecule has 96 valence electrons. The third-order valence-electron chi connectivity index (χ3n) is 3.57. The average Bonchev–Trinajstić information content (AvgIpc) is 3.21. The van der Waals surface area contributed by atoms with Crippen LogP contribution in [-0.2, 0) is 0 Å². The molecule has 2 nitrogen and oxygen atoms in total. The second-order valence-corrected chi connectivity index (χ2v) is 5.10. The van der Waals surface area contributed by atoms with Crippen LogP contribution in [0.25, 0.3) is 0 Å². The molecule has 0 spiro atoms. The number of terminal acetylenes is 1. The number of anilines is 1. The van der Waals surface area contributed by atoms with Gasteiger partial charge in [-0.05, 0) is 36.8 Å². The maximum atomic E-state index is 6.20. The monoisotopic (exact) mass is 242 g/mol. The Morgan fingerprint density at radius 3 is 2.78 bits per heavy atom. The predicted molar refractivity (Wildman–Crippen MR) is 77.4 cm³/mol. The van der Waals surface area contributed by atoms with Crippen LogP contribution < -0.4 is 10.6 Å². The van der Waals surface area contributed by atoms with Crippen LogP contribution in [0.3, 0.4) is 0 Å². The fourth-order valence-corrected chi connectivity index (χ4v) is 2.28. The molecule has 1 aromatic rings. The topological polar surface area (TPSA) is 29.3 Å². The predicted octanol–water partition coefficient (Wildman–Crippen LogP) is 2.95. The number of nitrogens with two attached hydrogens (primary N) is 1. The smallest absolute Gasteiger partial charge is 0.0791 e. The summed E-state index contributed by atoms with van der Waals surface area (Å²) in [7, 11) is 0. The van der Waals surface area contributed by atoms with Gasteiger partial charge in [0.1, 0.15) is 0 Å². The molecule has 1 aliphatic rings. The van der Waals surface area contributed by atoms with E-state index in [-0.39, 0.29) is 6.04 Å². The molecule has 2 heteroatoms. The highest BCUT2D eigenvalue weighted by molar-refractivity contribution is 5.56. The first-order valence-electron chi connectivity index (χ1n) is 6.79. The van der Waals surface area contributed by atoms with E-state index in [0.29, 0.717) is 6.54 Å². The fourth-order valence-electron chi connectivity index (χ4n) is 2.28. The molecule has 2 N–H and O–H groups in total. The number of rotatable bonds is 6. The fraction of sp³-hybridized carbons (Fsp3) is 0.500. The van der Waals surface area contributed by atoms with E-state index in [1.807, 2.05) is 0 Å². The first kappa shape index (κ1) is 13.0. The maximum Gasteiger partial charge on any atom is 0.0791 e.